The lowest BCUT2D eigenvalue weighted by molar-refractivity contribution is 0.616. The van der Waals surface area contributed by atoms with E-state index >= 15 is 0 Å². The van der Waals surface area contributed by atoms with E-state index in [4.69, 9.17) is 0 Å². The van der Waals surface area contributed by atoms with Gasteiger partial charge in [-0.2, -0.15) is 5.10 Å². The molecule has 3 nitrogen and oxygen atoms in total. The topological polar surface area (TPSA) is 30.7 Å². The van der Waals surface area contributed by atoms with Gasteiger partial charge < -0.3 is 0 Å². The number of aromatic nitrogens is 3. The van der Waals surface area contributed by atoms with Crippen molar-refractivity contribution in [2.45, 2.75) is 46.6 Å². The Hall–Kier alpha value is -2.42. The van der Waals surface area contributed by atoms with Crippen LogP contribution in [0.3, 0.4) is 0 Å². The lowest BCUT2D eigenvalue weighted by Crippen LogP contribution is -2.07. The van der Waals surface area contributed by atoms with E-state index in [1.165, 1.54) is 28.7 Å². The van der Waals surface area contributed by atoms with E-state index in [1.807, 2.05) is 11.6 Å². The smallest absolute Gasteiger partial charge is 0.147 e. The SMILES string of the molecule is CCCCc1nc(C)nn1Cc1ccc(-c2ccccc2C)cc1. The number of rotatable bonds is 6. The summed E-state index contributed by atoms with van der Waals surface area (Å²) in [6, 6.07) is 17.3. The minimum Gasteiger partial charge on any atom is -0.245 e. The fourth-order valence-electron chi connectivity index (χ4n) is 3.01. The molecule has 0 atom stereocenters. The molecule has 0 amide bonds. The molecular formula is C21H25N3. The van der Waals surface area contributed by atoms with Crippen LogP contribution < -0.4 is 0 Å². The van der Waals surface area contributed by atoms with E-state index in [2.05, 4.69) is 72.5 Å². The molecule has 0 aliphatic carbocycles. The summed E-state index contributed by atoms with van der Waals surface area (Å²) in [4.78, 5) is 4.57. The first-order valence-electron chi connectivity index (χ1n) is 8.72. The maximum Gasteiger partial charge on any atom is 0.147 e. The van der Waals surface area contributed by atoms with Crippen molar-refractivity contribution in [2.75, 3.05) is 0 Å². The van der Waals surface area contributed by atoms with Crippen molar-refractivity contribution in [3.05, 3.63) is 71.3 Å². The second-order valence-electron chi connectivity index (χ2n) is 6.35. The van der Waals surface area contributed by atoms with Gasteiger partial charge in [0.1, 0.15) is 11.6 Å². The lowest BCUT2D eigenvalue weighted by atomic mass is 10.00. The van der Waals surface area contributed by atoms with Crippen LogP contribution in [0.25, 0.3) is 11.1 Å². The number of aryl methyl sites for hydroxylation is 3. The third-order valence-corrected chi connectivity index (χ3v) is 4.35. The molecule has 1 aromatic heterocycles. The molecular weight excluding hydrogens is 294 g/mol. The molecule has 3 aromatic rings. The fraction of sp³-hybridized carbons (Fsp3) is 0.333. The van der Waals surface area contributed by atoms with Crippen molar-refractivity contribution in [1.29, 1.82) is 0 Å². The zero-order chi connectivity index (χ0) is 16.9. The Morgan fingerprint density at radius 1 is 0.958 bits per heavy atom. The number of nitrogens with zero attached hydrogens (tertiary/aromatic N) is 3. The highest BCUT2D eigenvalue weighted by atomic mass is 15.3. The minimum absolute atomic E-state index is 0.786. The van der Waals surface area contributed by atoms with Crippen molar-refractivity contribution in [1.82, 2.24) is 14.8 Å². The molecule has 2 aromatic carbocycles. The summed E-state index contributed by atoms with van der Waals surface area (Å²) in [5, 5.41) is 4.56. The molecule has 0 N–H and O–H groups in total. The molecule has 0 spiro atoms. The zero-order valence-electron chi connectivity index (χ0n) is 14.8. The first-order valence-corrected chi connectivity index (χ1v) is 8.72. The van der Waals surface area contributed by atoms with Crippen LogP contribution >= 0.6 is 0 Å². The molecule has 3 heteroatoms. The van der Waals surface area contributed by atoms with Gasteiger partial charge in [0.25, 0.3) is 0 Å². The van der Waals surface area contributed by atoms with Crippen molar-refractivity contribution in [3.8, 4) is 11.1 Å². The van der Waals surface area contributed by atoms with Gasteiger partial charge in [-0.3, -0.25) is 0 Å². The van der Waals surface area contributed by atoms with Crippen molar-refractivity contribution in [2.24, 2.45) is 0 Å². The summed E-state index contributed by atoms with van der Waals surface area (Å²) in [6.07, 6.45) is 3.33. The van der Waals surface area contributed by atoms with Gasteiger partial charge in [-0.1, -0.05) is 61.9 Å². The highest BCUT2D eigenvalue weighted by Gasteiger charge is 2.08. The Morgan fingerprint density at radius 3 is 2.42 bits per heavy atom. The molecule has 0 aliphatic rings. The van der Waals surface area contributed by atoms with Gasteiger partial charge in [-0.25, -0.2) is 9.67 Å². The minimum atomic E-state index is 0.786. The Balaban J connectivity index is 1.79. The fourth-order valence-corrected chi connectivity index (χ4v) is 3.01. The molecule has 0 bridgehead atoms. The molecule has 0 saturated heterocycles. The van der Waals surface area contributed by atoms with Gasteiger partial charge in [0.2, 0.25) is 0 Å². The molecule has 124 valence electrons. The molecule has 3 rings (SSSR count). The largest absolute Gasteiger partial charge is 0.245 e. The van der Waals surface area contributed by atoms with Gasteiger partial charge in [0, 0.05) is 6.42 Å². The van der Waals surface area contributed by atoms with Gasteiger partial charge >= 0.3 is 0 Å². The first kappa shape index (κ1) is 16.4. The third kappa shape index (κ3) is 3.73. The van der Waals surface area contributed by atoms with Crippen LogP contribution in [-0.2, 0) is 13.0 Å². The first-order chi connectivity index (χ1) is 11.7. The number of hydrogen-bond acceptors (Lipinski definition) is 2. The molecule has 0 saturated carbocycles. The Kier molecular flexibility index (Phi) is 5.09. The number of unbranched alkanes of at least 4 members (excludes halogenated alkanes) is 1. The van der Waals surface area contributed by atoms with E-state index in [0.29, 0.717) is 0 Å². The molecule has 24 heavy (non-hydrogen) atoms. The van der Waals surface area contributed by atoms with E-state index in [1.54, 1.807) is 0 Å². The average Bonchev–Trinajstić information content (AvgIpc) is 2.93. The molecule has 1 heterocycles. The van der Waals surface area contributed by atoms with Crippen LogP contribution in [0.5, 0.6) is 0 Å². The Morgan fingerprint density at radius 2 is 1.71 bits per heavy atom. The van der Waals surface area contributed by atoms with Crippen molar-refractivity contribution < 1.29 is 0 Å². The molecule has 0 fully saturated rings. The van der Waals surface area contributed by atoms with E-state index < -0.39 is 0 Å². The quantitative estimate of drug-likeness (QED) is 0.643. The summed E-state index contributed by atoms with van der Waals surface area (Å²) in [5.74, 6) is 1.95. The third-order valence-electron chi connectivity index (χ3n) is 4.35. The maximum absolute atomic E-state index is 4.57. The van der Waals surface area contributed by atoms with Crippen LogP contribution in [-0.4, -0.2) is 14.8 Å². The molecule has 0 aliphatic heterocycles. The van der Waals surface area contributed by atoms with Crippen molar-refractivity contribution in [3.63, 3.8) is 0 Å². The van der Waals surface area contributed by atoms with Gasteiger partial charge in [-0.05, 0) is 42.5 Å². The second kappa shape index (κ2) is 7.43. The monoisotopic (exact) mass is 319 g/mol. The summed E-state index contributed by atoms with van der Waals surface area (Å²) < 4.78 is 2.05. The number of benzene rings is 2. The van der Waals surface area contributed by atoms with Crippen LogP contribution in [0, 0.1) is 13.8 Å². The number of hydrogen-bond donors (Lipinski definition) is 0. The standard InChI is InChI=1S/C21H25N3/c1-4-5-10-21-22-17(3)23-24(21)15-18-11-13-19(14-12-18)20-9-7-6-8-16(20)2/h6-9,11-14H,4-5,10,15H2,1-3H3. The van der Waals surface area contributed by atoms with Crippen LogP contribution in [0.4, 0.5) is 0 Å². The summed E-state index contributed by atoms with van der Waals surface area (Å²) in [5.41, 5.74) is 5.12. The lowest BCUT2D eigenvalue weighted by Gasteiger charge is -2.09. The molecule has 0 unspecified atom stereocenters. The summed E-state index contributed by atoms with van der Waals surface area (Å²) >= 11 is 0. The van der Waals surface area contributed by atoms with E-state index in [9.17, 15) is 0 Å². The highest BCUT2D eigenvalue weighted by molar-refractivity contribution is 5.67. The zero-order valence-corrected chi connectivity index (χ0v) is 14.8. The van der Waals surface area contributed by atoms with E-state index in [0.717, 1.165) is 31.0 Å². The van der Waals surface area contributed by atoms with Crippen LogP contribution in [0.1, 0.15) is 42.5 Å². The van der Waals surface area contributed by atoms with Crippen LogP contribution in [0.2, 0.25) is 0 Å². The second-order valence-corrected chi connectivity index (χ2v) is 6.35. The van der Waals surface area contributed by atoms with Crippen molar-refractivity contribution >= 4 is 0 Å². The summed E-state index contributed by atoms with van der Waals surface area (Å²) in [6.45, 7) is 7.11. The normalized spacial score (nSPS) is 11.0. The average molecular weight is 319 g/mol. The summed E-state index contributed by atoms with van der Waals surface area (Å²) in [7, 11) is 0. The Bertz CT molecular complexity index is 800. The highest BCUT2D eigenvalue weighted by Crippen LogP contribution is 2.23. The van der Waals surface area contributed by atoms with Gasteiger partial charge in [-0.15, -0.1) is 0 Å². The van der Waals surface area contributed by atoms with Gasteiger partial charge in [0.15, 0.2) is 0 Å². The predicted molar refractivity (Wildman–Crippen MR) is 99.1 cm³/mol. The predicted octanol–water partition coefficient (Wildman–Crippen LogP) is 4.95. The van der Waals surface area contributed by atoms with Gasteiger partial charge in [0.05, 0.1) is 6.54 Å². The Labute approximate surface area is 144 Å². The van der Waals surface area contributed by atoms with E-state index in [-0.39, 0.29) is 0 Å². The molecule has 0 radical (unpaired) electrons. The maximum atomic E-state index is 4.57. The van der Waals surface area contributed by atoms with Crippen LogP contribution in [0.15, 0.2) is 48.5 Å².